The van der Waals surface area contributed by atoms with Gasteiger partial charge in [-0.25, -0.2) is 0 Å². The Morgan fingerprint density at radius 1 is 1.36 bits per heavy atom. The number of nitrogens with one attached hydrogen (secondary N) is 2. The van der Waals surface area contributed by atoms with Crippen molar-refractivity contribution in [2.45, 2.75) is 52.5 Å². The van der Waals surface area contributed by atoms with Gasteiger partial charge in [-0.2, -0.15) is 0 Å². The number of carbonyl (C=O) groups is 1. The predicted octanol–water partition coefficient (Wildman–Crippen LogP) is 4.05. The van der Waals surface area contributed by atoms with E-state index in [0.29, 0.717) is 17.9 Å². The van der Waals surface area contributed by atoms with Gasteiger partial charge in [0.25, 0.3) is 0 Å². The number of ether oxygens (including phenoxy) is 1. The predicted molar refractivity (Wildman–Crippen MR) is 99.7 cm³/mol. The molecule has 2 saturated carbocycles. The van der Waals surface area contributed by atoms with E-state index in [0.717, 1.165) is 34.6 Å². The topological polar surface area (TPSA) is 54.1 Å². The van der Waals surface area contributed by atoms with Crippen LogP contribution in [0.25, 0.3) is 10.9 Å². The average Bonchev–Trinajstić information content (AvgIpc) is 3.13. The average molecular weight is 340 g/mol. The van der Waals surface area contributed by atoms with Crippen LogP contribution in [0.5, 0.6) is 5.75 Å². The first kappa shape index (κ1) is 16.5. The normalized spacial score (nSPS) is 29.9. The molecule has 2 aliphatic carbocycles. The third-order valence-electron chi connectivity index (χ3n) is 7.45. The highest BCUT2D eigenvalue weighted by atomic mass is 16.5. The van der Waals surface area contributed by atoms with Gasteiger partial charge in [-0.3, -0.25) is 4.79 Å². The Bertz CT molecular complexity index is 822. The molecule has 1 heterocycles. The van der Waals surface area contributed by atoms with E-state index < -0.39 is 0 Å². The van der Waals surface area contributed by atoms with E-state index in [9.17, 15) is 4.79 Å². The number of amides is 1. The summed E-state index contributed by atoms with van der Waals surface area (Å²) < 4.78 is 5.31. The van der Waals surface area contributed by atoms with Crippen molar-refractivity contribution < 1.29 is 9.53 Å². The standard InChI is InChI=1S/C21H28N2O2/c1-20(2)14-7-8-21(20,3)18(10-14)23-19(24)9-13-12-22-17-6-5-15(25-4)11-16(13)17/h5-6,11-12,14,18,22H,7-10H2,1-4H3,(H,23,24). The molecular weight excluding hydrogens is 312 g/mol. The third-order valence-corrected chi connectivity index (χ3v) is 7.45. The highest BCUT2D eigenvalue weighted by Crippen LogP contribution is 2.65. The van der Waals surface area contributed by atoms with Gasteiger partial charge in [-0.15, -0.1) is 0 Å². The van der Waals surface area contributed by atoms with Gasteiger partial charge >= 0.3 is 0 Å². The quantitative estimate of drug-likeness (QED) is 0.882. The van der Waals surface area contributed by atoms with Crippen molar-refractivity contribution >= 4 is 16.8 Å². The maximum Gasteiger partial charge on any atom is 0.224 e. The maximum atomic E-state index is 12.7. The van der Waals surface area contributed by atoms with Crippen LogP contribution >= 0.6 is 0 Å². The lowest BCUT2D eigenvalue weighted by Crippen LogP contribution is -2.47. The fourth-order valence-electron chi connectivity index (χ4n) is 5.27. The number of carbonyl (C=O) groups excluding carboxylic acids is 1. The van der Waals surface area contributed by atoms with Crippen molar-refractivity contribution in [1.29, 1.82) is 0 Å². The first-order valence-electron chi connectivity index (χ1n) is 9.28. The van der Waals surface area contributed by atoms with Crippen LogP contribution in [0.1, 0.15) is 45.6 Å². The lowest BCUT2D eigenvalue weighted by Gasteiger charge is -2.39. The number of hydrogen-bond donors (Lipinski definition) is 2. The van der Waals surface area contributed by atoms with Crippen LogP contribution in [-0.4, -0.2) is 24.0 Å². The molecule has 4 nitrogen and oxygen atoms in total. The molecule has 3 unspecified atom stereocenters. The molecule has 1 aromatic carbocycles. The Morgan fingerprint density at radius 3 is 2.80 bits per heavy atom. The van der Waals surface area contributed by atoms with Crippen molar-refractivity contribution in [3.05, 3.63) is 30.0 Å². The number of benzene rings is 1. The number of methoxy groups -OCH3 is 1. The second-order valence-electron chi connectivity index (χ2n) is 8.63. The van der Waals surface area contributed by atoms with E-state index >= 15 is 0 Å². The Hall–Kier alpha value is -1.97. The Morgan fingerprint density at radius 2 is 2.16 bits per heavy atom. The van der Waals surface area contributed by atoms with Gasteiger partial charge in [-0.1, -0.05) is 20.8 Å². The summed E-state index contributed by atoms with van der Waals surface area (Å²) in [6, 6.07) is 6.22. The number of fused-ring (bicyclic) bond motifs is 3. The summed E-state index contributed by atoms with van der Waals surface area (Å²) in [6.45, 7) is 7.12. The van der Waals surface area contributed by atoms with Crippen LogP contribution in [0, 0.1) is 16.7 Å². The molecule has 1 aromatic heterocycles. The number of hydrogen-bond acceptors (Lipinski definition) is 2. The zero-order chi connectivity index (χ0) is 17.8. The molecule has 134 valence electrons. The van der Waals surface area contributed by atoms with Gasteiger partial charge in [0, 0.05) is 23.1 Å². The second-order valence-corrected chi connectivity index (χ2v) is 8.63. The van der Waals surface area contributed by atoms with Gasteiger partial charge < -0.3 is 15.0 Å². The third kappa shape index (κ3) is 2.37. The summed E-state index contributed by atoms with van der Waals surface area (Å²) in [5, 5.41) is 4.42. The Kier molecular flexibility index (Phi) is 3.64. The molecule has 3 atom stereocenters. The first-order valence-corrected chi connectivity index (χ1v) is 9.28. The van der Waals surface area contributed by atoms with E-state index in [1.54, 1.807) is 7.11 Å². The molecule has 2 bridgehead atoms. The van der Waals surface area contributed by atoms with Crippen LogP contribution in [0.15, 0.2) is 24.4 Å². The highest BCUT2D eigenvalue weighted by Gasteiger charge is 2.61. The van der Waals surface area contributed by atoms with Crippen molar-refractivity contribution in [3.63, 3.8) is 0 Å². The highest BCUT2D eigenvalue weighted by molar-refractivity contribution is 5.89. The van der Waals surface area contributed by atoms with Crippen LogP contribution in [0.3, 0.4) is 0 Å². The maximum absolute atomic E-state index is 12.7. The lowest BCUT2D eigenvalue weighted by molar-refractivity contribution is -0.122. The molecular formula is C21H28N2O2. The minimum absolute atomic E-state index is 0.123. The van der Waals surface area contributed by atoms with Gasteiger partial charge in [0.1, 0.15) is 5.75 Å². The first-order chi connectivity index (χ1) is 11.8. The summed E-state index contributed by atoms with van der Waals surface area (Å²) in [4.78, 5) is 16.0. The fourth-order valence-corrected chi connectivity index (χ4v) is 5.27. The van der Waals surface area contributed by atoms with Gasteiger partial charge in [-0.05, 0) is 59.8 Å². The number of aromatic nitrogens is 1. The van der Waals surface area contributed by atoms with Crippen molar-refractivity contribution in [2.75, 3.05) is 7.11 Å². The van der Waals surface area contributed by atoms with E-state index in [2.05, 4.69) is 31.1 Å². The minimum Gasteiger partial charge on any atom is -0.497 e. The van der Waals surface area contributed by atoms with Crippen LogP contribution in [0.4, 0.5) is 0 Å². The molecule has 4 heteroatoms. The summed E-state index contributed by atoms with van der Waals surface area (Å²) in [5.41, 5.74) is 2.60. The molecule has 0 radical (unpaired) electrons. The molecule has 0 aliphatic heterocycles. The molecule has 2 fully saturated rings. The second kappa shape index (κ2) is 5.52. The fraction of sp³-hybridized carbons (Fsp3) is 0.571. The van der Waals surface area contributed by atoms with Crippen molar-refractivity contribution in [3.8, 4) is 5.75 Å². The molecule has 1 amide bonds. The lowest BCUT2D eigenvalue weighted by atomic mass is 9.69. The number of H-pyrrole nitrogens is 1. The summed E-state index contributed by atoms with van der Waals surface area (Å²) in [5.74, 6) is 1.68. The molecule has 0 spiro atoms. The monoisotopic (exact) mass is 340 g/mol. The zero-order valence-corrected chi connectivity index (χ0v) is 15.6. The summed E-state index contributed by atoms with van der Waals surface area (Å²) in [7, 11) is 1.66. The van der Waals surface area contributed by atoms with Gasteiger partial charge in [0.05, 0.1) is 13.5 Å². The van der Waals surface area contributed by atoms with Crippen LogP contribution in [0.2, 0.25) is 0 Å². The Balaban J connectivity index is 1.50. The van der Waals surface area contributed by atoms with Crippen molar-refractivity contribution in [1.82, 2.24) is 10.3 Å². The van der Waals surface area contributed by atoms with Crippen LogP contribution in [-0.2, 0) is 11.2 Å². The van der Waals surface area contributed by atoms with E-state index in [-0.39, 0.29) is 11.3 Å². The van der Waals surface area contributed by atoms with Gasteiger partial charge in [0.2, 0.25) is 5.91 Å². The molecule has 0 saturated heterocycles. The zero-order valence-electron chi connectivity index (χ0n) is 15.6. The van der Waals surface area contributed by atoms with Crippen molar-refractivity contribution in [2.24, 2.45) is 16.7 Å². The number of rotatable bonds is 4. The summed E-state index contributed by atoms with van der Waals surface area (Å²) in [6.07, 6.45) is 6.00. The molecule has 2 aliphatic rings. The molecule has 25 heavy (non-hydrogen) atoms. The van der Waals surface area contributed by atoms with Crippen LogP contribution < -0.4 is 10.1 Å². The van der Waals surface area contributed by atoms with E-state index in [1.807, 2.05) is 24.4 Å². The van der Waals surface area contributed by atoms with E-state index in [4.69, 9.17) is 4.74 Å². The molecule has 2 N–H and O–H groups in total. The number of aromatic amines is 1. The smallest absolute Gasteiger partial charge is 0.224 e. The molecule has 2 aromatic rings. The SMILES string of the molecule is COc1ccc2[nH]cc(CC(=O)NC3CC4CCC3(C)C4(C)C)c2c1. The minimum atomic E-state index is 0.123. The molecule has 4 rings (SSSR count). The summed E-state index contributed by atoms with van der Waals surface area (Å²) >= 11 is 0. The Labute approximate surface area is 149 Å². The van der Waals surface area contributed by atoms with E-state index in [1.165, 1.54) is 12.8 Å². The largest absolute Gasteiger partial charge is 0.497 e. The van der Waals surface area contributed by atoms with Gasteiger partial charge in [0.15, 0.2) is 0 Å².